The molecule has 25 heavy (non-hydrogen) atoms. The molecule has 0 unspecified atom stereocenters. The Morgan fingerprint density at radius 1 is 1.08 bits per heavy atom. The lowest BCUT2D eigenvalue weighted by molar-refractivity contribution is -0.119. The molecule has 2 aromatic carbocycles. The van der Waals surface area contributed by atoms with Crippen LogP contribution in [0.2, 0.25) is 0 Å². The maximum Gasteiger partial charge on any atom is 0.259 e. The number of benzene rings is 2. The van der Waals surface area contributed by atoms with Gasteiger partial charge < -0.3 is 20.5 Å². The number of carbonyl (C=O) groups is 2. The van der Waals surface area contributed by atoms with Crippen LogP contribution in [0.5, 0.6) is 11.5 Å². The zero-order chi connectivity index (χ0) is 17.6. The Morgan fingerprint density at radius 3 is 2.44 bits per heavy atom. The van der Waals surface area contributed by atoms with Crippen molar-refractivity contribution in [2.75, 3.05) is 11.9 Å². The smallest absolute Gasteiger partial charge is 0.259 e. The molecule has 3 rings (SSSR count). The molecule has 1 aliphatic rings. The molecule has 0 heterocycles. The number of anilines is 1. The summed E-state index contributed by atoms with van der Waals surface area (Å²) in [6, 6.07) is 13.9. The van der Waals surface area contributed by atoms with Gasteiger partial charge in [-0.3, -0.25) is 9.59 Å². The number of hydrogen-bond donors (Lipinski definition) is 2. The van der Waals surface area contributed by atoms with Gasteiger partial charge >= 0.3 is 0 Å². The summed E-state index contributed by atoms with van der Waals surface area (Å²) < 4.78 is 11.1. The standard InChI is InChI=1S/C19H20N2O4/c20-18(22)12-24-14-10-8-13(9-11-14)21-19(23)16-6-1-2-7-17(16)25-15-4-3-5-15/h1-2,6-11,15H,3-5,12H2,(H2,20,22)(H,21,23). The Bertz CT molecular complexity index is 754. The third kappa shape index (κ3) is 4.50. The zero-order valence-corrected chi connectivity index (χ0v) is 13.7. The summed E-state index contributed by atoms with van der Waals surface area (Å²) in [6.07, 6.45) is 3.44. The summed E-state index contributed by atoms with van der Waals surface area (Å²) in [6.45, 7) is -0.183. The largest absolute Gasteiger partial charge is 0.490 e. The number of primary amides is 1. The fourth-order valence-corrected chi connectivity index (χ4v) is 2.41. The van der Waals surface area contributed by atoms with Crippen molar-refractivity contribution in [2.24, 2.45) is 5.73 Å². The van der Waals surface area contributed by atoms with E-state index >= 15 is 0 Å². The molecule has 1 fully saturated rings. The van der Waals surface area contributed by atoms with E-state index in [1.807, 2.05) is 18.2 Å². The van der Waals surface area contributed by atoms with Crippen LogP contribution in [0.25, 0.3) is 0 Å². The summed E-state index contributed by atoms with van der Waals surface area (Å²) in [5.74, 6) is 0.331. The maximum atomic E-state index is 12.5. The van der Waals surface area contributed by atoms with Crippen LogP contribution in [0.1, 0.15) is 29.6 Å². The van der Waals surface area contributed by atoms with Gasteiger partial charge in [0.25, 0.3) is 11.8 Å². The average molecular weight is 340 g/mol. The minimum Gasteiger partial charge on any atom is -0.490 e. The molecule has 0 spiro atoms. The van der Waals surface area contributed by atoms with Gasteiger partial charge in [0.1, 0.15) is 11.5 Å². The molecular weight excluding hydrogens is 320 g/mol. The molecule has 130 valence electrons. The van der Waals surface area contributed by atoms with Crippen molar-refractivity contribution >= 4 is 17.5 Å². The highest BCUT2D eigenvalue weighted by Gasteiger charge is 2.21. The van der Waals surface area contributed by atoms with E-state index in [-0.39, 0.29) is 18.6 Å². The van der Waals surface area contributed by atoms with Crippen LogP contribution in [-0.4, -0.2) is 24.5 Å². The van der Waals surface area contributed by atoms with Crippen LogP contribution in [0.15, 0.2) is 48.5 Å². The highest BCUT2D eigenvalue weighted by atomic mass is 16.5. The lowest BCUT2D eigenvalue weighted by Crippen LogP contribution is -2.26. The molecule has 0 bridgehead atoms. The van der Waals surface area contributed by atoms with Crippen LogP contribution in [0, 0.1) is 0 Å². The molecular formula is C19H20N2O4. The molecule has 2 aromatic rings. The van der Waals surface area contributed by atoms with Crippen LogP contribution >= 0.6 is 0 Å². The van der Waals surface area contributed by atoms with Gasteiger partial charge in [-0.25, -0.2) is 0 Å². The van der Waals surface area contributed by atoms with E-state index in [9.17, 15) is 9.59 Å². The Hall–Kier alpha value is -3.02. The fourth-order valence-electron chi connectivity index (χ4n) is 2.41. The first-order valence-corrected chi connectivity index (χ1v) is 8.20. The van der Waals surface area contributed by atoms with Crippen molar-refractivity contribution in [3.63, 3.8) is 0 Å². The Balaban J connectivity index is 1.64. The molecule has 2 amide bonds. The van der Waals surface area contributed by atoms with Gasteiger partial charge in [0.15, 0.2) is 6.61 Å². The van der Waals surface area contributed by atoms with Crippen LogP contribution in [0.4, 0.5) is 5.69 Å². The van der Waals surface area contributed by atoms with Gasteiger partial charge in [0, 0.05) is 5.69 Å². The van der Waals surface area contributed by atoms with E-state index in [0.717, 1.165) is 12.8 Å². The van der Waals surface area contributed by atoms with Gasteiger partial charge in [-0.15, -0.1) is 0 Å². The number of ether oxygens (including phenoxy) is 2. The molecule has 1 aliphatic carbocycles. The number of rotatable bonds is 7. The quantitative estimate of drug-likeness (QED) is 0.811. The van der Waals surface area contributed by atoms with Gasteiger partial charge in [0.05, 0.1) is 11.7 Å². The van der Waals surface area contributed by atoms with Gasteiger partial charge in [-0.2, -0.15) is 0 Å². The molecule has 0 aromatic heterocycles. The summed E-state index contributed by atoms with van der Waals surface area (Å²) in [7, 11) is 0. The number of para-hydroxylation sites is 1. The van der Waals surface area contributed by atoms with Gasteiger partial charge in [-0.05, 0) is 55.7 Å². The first-order valence-electron chi connectivity index (χ1n) is 8.20. The predicted octanol–water partition coefficient (Wildman–Crippen LogP) is 2.73. The van der Waals surface area contributed by atoms with Gasteiger partial charge in [0.2, 0.25) is 0 Å². The zero-order valence-electron chi connectivity index (χ0n) is 13.7. The van der Waals surface area contributed by atoms with Crippen LogP contribution < -0.4 is 20.5 Å². The average Bonchev–Trinajstić information content (AvgIpc) is 2.58. The molecule has 3 N–H and O–H groups in total. The normalized spacial score (nSPS) is 13.6. The Morgan fingerprint density at radius 2 is 1.80 bits per heavy atom. The summed E-state index contributed by atoms with van der Waals surface area (Å²) in [4.78, 5) is 23.2. The van der Waals surface area contributed by atoms with E-state index in [0.29, 0.717) is 22.7 Å². The summed E-state index contributed by atoms with van der Waals surface area (Å²) in [5.41, 5.74) is 6.15. The molecule has 6 nitrogen and oxygen atoms in total. The highest BCUT2D eigenvalue weighted by Crippen LogP contribution is 2.28. The second kappa shape index (κ2) is 7.70. The number of amides is 2. The van der Waals surface area contributed by atoms with Crippen molar-refractivity contribution in [3.8, 4) is 11.5 Å². The molecule has 0 saturated heterocycles. The molecule has 0 atom stereocenters. The number of nitrogens with one attached hydrogen (secondary N) is 1. The highest BCUT2D eigenvalue weighted by molar-refractivity contribution is 6.06. The van der Waals surface area contributed by atoms with Crippen LogP contribution in [-0.2, 0) is 4.79 Å². The van der Waals surface area contributed by atoms with Crippen LogP contribution in [0.3, 0.4) is 0 Å². The van der Waals surface area contributed by atoms with E-state index in [1.54, 1.807) is 30.3 Å². The van der Waals surface area contributed by atoms with Crippen molar-refractivity contribution in [3.05, 3.63) is 54.1 Å². The SMILES string of the molecule is NC(=O)COc1ccc(NC(=O)c2ccccc2OC2CCC2)cc1. The minimum atomic E-state index is -0.541. The topological polar surface area (TPSA) is 90.7 Å². The van der Waals surface area contributed by atoms with Crippen molar-refractivity contribution in [2.45, 2.75) is 25.4 Å². The summed E-state index contributed by atoms with van der Waals surface area (Å²) in [5, 5.41) is 2.83. The maximum absolute atomic E-state index is 12.5. The third-order valence-electron chi connectivity index (χ3n) is 3.97. The molecule has 6 heteroatoms. The van der Waals surface area contributed by atoms with Crippen molar-refractivity contribution < 1.29 is 19.1 Å². The van der Waals surface area contributed by atoms with E-state index < -0.39 is 5.91 Å². The summed E-state index contributed by atoms with van der Waals surface area (Å²) >= 11 is 0. The second-order valence-electron chi connectivity index (χ2n) is 5.90. The van der Waals surface area contributed by atoms with E-state index in [1.165, 1.54) is 6.42 Å². The predicted molar refractivity (Wildman–Crippen MR) is 93.8 cm³/mol. The molecule has 1 saturated carbocycles. The number of nitrogens with two attached hydrogens (primary N) is 1. The molecule has 0 aliphatic heterocycles. The first kappa shape index (κ1) is 16.8. The number of carbonyl (C=O) groups excluding carboxylic acids is 2. The Labute approximate surface area is 145 Å². The van der Waals surface area contributed by atoms with Crippen molar-refractivity contribution in [1.82, 2.24) is 0 Å². The van der Waals surface area contributed by atoms with Gasteiger partial charge in [-0.1, -0.05) is 12.1 Å². The van der Waals surface area contributed by atoms with E-state index in [4.69, 9.17) is 15.2 Å². The minimum absolute atomic E-state index is 0.183. The van der Waals surface area contributed by atoms with E-state index in [2.05, 4.69) is 5.32 Å². The molecule has 0 radical (unpaired) electrons. The second-order valence-corrected chi connectivity index (χ2v) is 5.90. The third-order valence-corrected chi connectivity index (χ3v) is 3.97. The number of hydrogen-bond acceptors (Lipinski definition) is 4. The monoisotopic (exact) mass is 340 g/mol. The lowest BCUT2D eigenvalue weighted by Gasteiger charge is -2.27. The first-order chi connectivity index (χ1) is 12.1. The Kier molecular flexibility index (Phi) is 5.18. The fraction of sp³-hybridized carbons (Fsp3) is 0.263. The van der Waals surface area contributed by atoms with Crippen molar-refractivity contribution in [1.29, 1.82) is 0 Å². The lowest BCUT2D eigenvalue weighted by atomic mass is 9.96.